The first kappa shape index (κ1) is 12.2. The zero-order chi connectivity index (χ0) is 11.6. The van der Waals surface area contributed by atoms with E-state index < -0.39 is 24.1 Å². The summed E-state index contributed by atoms with van der Waals surface area (Å²) in [5, 5.41) is 0. The summed E-state index contributed by atoms with van der Waals surface area (Å²) in [5.74, 6) is -0.535. The van der Waals surface area contributed by atoms with Crippen LogP contribution in [0.4, 0.5) is 22.0 Å². The van der Waals surface area contributed by atoms with Crippen LogP contribution in [0, 0.1) is 0 Å². The molecule has 1 nitrogen and oxygen atoms in total. The molecular formula is C8H4BrF5O. The summed E-state index contributed by atoms with van der Waals surface area (Å²) in [7, 11) is 0. The minimum Gasteiger partial charge on any atom is -0.435 e. The lowest BCUT2D eigenvalue weighted by atomic mass is 10.2. The Kier molecular flexibility index (Phi) is 3.54. The van der Waals surface area contributed by atoms with E-state index >= 15 is 0 Å². The molecule has 0 saturated heterocycles. The lowest BCUT2D eigenvalue weighted by molar-refractivity contribution is -0.138. The maximum Gasteiger partial charge on any atom is 0.416 e. The molecule has 0 bridgehead atoms. The maximum atomic E-state index is 12.2. The standard InChI is InChI=1S/C8H4BrF5O/c9-5-1-4(8(12,13)14)2-6(3-5)15-7(10)11/h1-3,7H. The maximum absolute atomic E-state index is 12.2. The molecule has 0 radical (unpaired) electrons. The first-order valence-corrected chi connectivity index (χ1v) is 4.41. The van der Waals surface area contributed by atoms with Crippen LogP contribution in [0.2, 0.25) is 0 Å². The van der Waals surface area contributed by atoms with Crippen molar-refractivity contribution in [1.82, 2.24) is 0 Å². The van der Waals surface area contributed by atoms with Gasteiger partial charge in [0, 0.05) is 4.47 Å². The van der Waals surface area contributed by atoms with Crippen LogP contribution in [0.15, 0.2) is 22.7 Å². The highest BCUT2D eigenvalue weighted by Crippen LogP contribution is 2.34. The zero-order valence-corrected chi connectivity index (χ0v) is 8.57. The van der Waals surface area contributed by atoms with Crippen LogP contribution in [0.25, 0.3) is 0 Å². The Hall–Kier alpha value is -0.850. The SMILES string of the molecule is FC(F)Oc1cc(Br)cc(C(F)(F)F)c1. The van der Waals surface area contributed by atoms with Crippen LogP contribution in [0.3, 0.4) is 0 Å². The second kappa shape index (κ2) is 4.34. The minimum absolute atomic E-state index is 0.0213. The topological polar surface area (TPSA) is 9.23 Å². The van der Waals surface area contributed by atoms with Gasteiger partial charge in [-0.2, -0.15) is 22.0 Å². The normalized spacial score (nSPS) is 11.9. The van der Waals surface area contributed by atoms with Crippen LogP contribution in [-0.4, -0.2) is 6.61 Å². The van der Waals surface area contributed by atoms with Crippen molar-refractivity contribution in [2.24, 2.45) is 0 Å². The molecule has 1 aromatic carbocycles. The Morgan fingerprint density at radius 1 is 1.13 bits per heavy atom. The summed E-state index contributed by atoms with van der Waals surface area (Å²) in [5.41, 5.74) is -1.05. The fourth-order valence-corrected chi connectivity index (χ4v) is 1.37. The van der Waals surface area contributed by atoms with Gasteiger partial charge in [-0.25, -0.2) is 0 Å². The van der Waals surface area contributed by atoms with Crippen molar-refractivity contribution in [1.29, 1.82) is 0 Å². The number of hydrogen-bond acceptors (Lipinski definition) is 1. The predicted molar refractivity (Wildman–Crippen MR) is 45.8 cm³/mol. The van der Waals surface area contributed by atoms with Crippen LogP contribution >= 0.6 is 15.9 Å². The second-order valence-electron chi connectivity index (χ2n) is 2.55. The van der Waals surface area contributed by atoms with Gasteiger partial charge < -0.3 is 4.74 Å². The average molecular weight is 291 g/mol. The van der Waals surface area contributed by atoms with E-state index in [2.05, 4.69) is 20.7 Å². The molecule has 0 saturated carbocycles. The van der Waals surface area contributed by atoms with Crippen molar-refractivity contribution < 1.29 is 26.7 Å². The van der Waals surface area contributed by atoms with Gasteiger partial charge in [0.25, 0.3) is 0 Å². The van der Waals surface area contributed by atoms with E-state index in [4.69, 9.17) is 0 Å². The Bertz CT molecular complexity index is 349. The molecule has 0 unspecified atom stereocenters. The molecule has 15 heavy (non-hydrogen) atoms. The molecule has 0 spiro atoms. The fourth-order valence-electron chi connectivity index (χ4n) is 0.897. The van der Waals surface area contributed by atoms with E-state index in [0.29, 0.717) is 6.07 Å². The number of rotatable bonds is 2. The number of hydrogen-bond donors (Lipinski definition) is 0. The van der Waals surface area contributed by atoms with E-state index in [0.717, 1.165) is 12.1 Å². The zero-order valence-electron chi connectivity index (χ0n) is 6.99. The van der Waals surface area contributed by atoms with Crippen molar-refractivity contribution in [3.63, 3.8) is 0 Å². The molecule has 0 atom stereocenters. The molecular weight excluding hydrogens is 287 g/mol. The van der Waals surface area contributed by atoms with Crippen LogP contribution in [0.1, 0.15) is 5.56 Å². The summed E-state index contributed by atoms with van der Waals surface area (Å²) < 4.78 is 64.1. The lowest BCUT2D eigenvalue weighted by Gasteiger charge is -2.10. The number of ether oxygens (including phenoxy) is 1. The average Bonchev–Trinajstić information content (AvgIpc) is 1.99. The quantitative estimate of drug-likeness (QED) is 0.746. The minimum atomic E-state index is -4.59. The Balaban J connectivity index is 3.06. The summed E-state index contributed by atoms with van der Waals surface area (Å²) in [6, 6.07) is 2.32. The van der Waals surface area contributed by atoms with Crippen LogP contribution < -0.4 is 4.74 Å². The van der Waals surface area contributed by atoms with E-state index in [9.17, 15) is 22.0 Å². The molecule has 0 N–H and O–H groups in total. The molecule has 0 heterocycles. The van der Waals surface area contributed by atoms with Gasteiger partial charge in [-0.1, -0.05) is 15.9 Å². The largest absolute Gasteiger partial charge is 0.435 e. The summed E-state index contributed by atoms with van der Waals surface area (Å²) >= 11 is 2.77. The van der Waals surface area contributed by atoms with Gasteiger partial charge in [0.05, 0.1) is 5.56 Å². The van der Waals surface area contributed by atoms with Crippen molar-refractivity contribution >= 4 is 15.9 Å². The Morgan fingerprint density at radius 3 is 2.20 bits per heavy atom. The van der Waals surface area contributed by atoms with Gasteiger partial charge in [-0.3, -0.25) is 0 Å². The van der Waals surface area contributed by atoms with Crippen molar-refractivity contribution in [3.05, 3.63) is 28.2 Å². The van der Waals surface area contributed by atoms with Gasteiger partial charge in [0.1, 0.15) is 5.75 Å². The molecule has 0 amide bonds. The summed E-state index contributed by atoms with van der Waals surface area (Å²) in [6.07, 6.45) is -4.59. The van der Waals surface area contributed by atoms with E-state index in [1.807, 2.05) is 0 Å². The molecule has 0 aliphatic heterocycles. The lowest BCUT2D eigenvalue weighted by Crippen LogP contribution is -2.07. The Morgan fingerprint density at radius 2 is 1.73 bits per heavy atom. The number of halogens is 6. The van der Waals surface area contributed by atoms with E-state index in [-0.39, 0.29) is 4.47 Å². The first-order chi connectivity index (χ1) is 6.79. The third kappa shape index (κ3) is 3.65. The summed E-state index contributed by atoms with van der Waals surface area (Å²) in [6.45, 7) is -3.15. The summed E-state index contributed by atoms with van der Waals surface area (Å²) in [4.78, 5) is 0. The van der Waals surface area contributed by atoms with Crippen LogP contribution in [0.5, 0.6) is 5.75 Å². The molecule has 0 aliphatic carbocycles. The monoisotopic (exact) mass is 290 g/mol. The molecule has 0 fully saturated rings. The molecule has 84 valence electrons. The van der Waals surface area contributed by atoms with Gasteiger partial charge in [0.15, 0.2) is 0 Å². The highest BCUT2D eigenvalue weighted by molar-refractivity contribution is 9.10. The van der Waals surface area contributed by atoms with Crippen molar-refractivity contribution in [3.8, 4) is 5.75 Å². The van der Waals surface area contributed by atoms with Crippen molar-refractivity contribution in [2.75, 3.05) is 0 Å². The van der Waals surface area contributed by atoms with Gasteiger partial charge in [-0.05, 0) is 18.2 Å². The molecule has 1 rings (SSSR count). The Labute approximate surface area is 90.0 Å². The molecule has 0 aliphatic rings. The van der Waals surface area contributed by atoms with Gasteiger partial charge >= 0.3 is 12.8 Å². The third-order valence-corrected chi connectivity index (χ3v) is 1.88. The number of benzene rings is 1. The number of alkyl halides is 5. The van der Waals surface area contributed by atoms with Gasteiger partial charge in [-0.15, -0.1) is 0 Å². The second-order valence-corrected chi connectivity index (χ2v) is 3.47. The van der Waals surface area contributed by atoms with Gasteiger partial charge in [0.2, 0.25) is 0 Å². The highest BCUT2D eigenvalue weighted by atomic mass is 79.9. The predicted octanol–water partition coefficient (Wildman–Crippen LogP) is 4.07. The van der Waals surface area contributed by atoms with Crippen LogP contribution in [-0.2, 0) is 6.18 Å². The third-order valence-electron chi connectivity index (χ3n) is 1.42. The highest BCUT2D eigenvalue weighted by Gasteiger charge is 2.31. The molecule has 0 aromatic heterocycles. The fraction of sp³-hybridized carbons (Fsp3) is 0.250. The van der Waals surface area contributed by atoms with E-state index in [1.165, 1.54) is 0 Å². The first-order valence-electron chi connectivity index (χ1n) is 3.61. The smallest absolute Gasteiger partial charge is 0.416 e. The molecule has 1 aromatic rings. The van der Waals surface area contributed by atoms with E-state index in [1.54, 1.807) is 0 Å². The van der Waals surface area contributed by atoms with Crippen molar-refractivity contribution in [2.45, 2.75) is 12.8 Å². The molecule has 7 heteroatoms.